The number of halogens is 2. The van der Waals surface area contributed by atoms with Crippen LogP contribution in [-0.4, -0.2) is 27.3 Å². The summed E-state index contributed by atoms with van der Waals surface area (Å²) in [5, 5.41) is 19.2. The molecule has 0 saturated carbocycles. The number of nitrogens with zero attached hydrogens (tertiary/aromatic N) is 3. The first-order valence-corrected chi connectivity index (χ1v) is 13.6. The minimum absolute atomic E-state index is 0.0503. The van der Waals surface area contributed by atoms with Gasteiger partial charge in [-0.1, -0.05) is 70.5 Å². The van der Waals surface area contributed by atoms with Crippen LogP contribution in [0.1, 0.15) is 16.9 Å². The largest absolute Gasteiger partial charge is 0.506 e. The molecule has 1 aromatic heterocycles. The molecule has 4 aromatic rings. The van der Waals surface area contributed by atoms with E-state index >= 15 is 0 Å². The van der Waals surface area contributed by atoms with Crippen LogP contribution >= 0.6 is 43.6 Å². The molecule has 5 rings (SSSR count). The quantitative estimate of drug-likeness (QED) is 0.134. The van der Waals surface area contributed by atoms with Gasteiger partial charge >= 0.3 is 0 Å². The topological polar surface area (TPSA) is 78.4 Å². The zero-order chi connectivity index (χ0) is 25.8. The van der Waals surface area contributed by atoms with Crippen molar-refractivity contribution >= 4 is 67.0 Å². The van der Waals surface area contributed by atoms with Crippen LogP contribution in [0.2, 0.25) is 0 Å². The van der Waals surface area contributed by atoms with Gasteiger partial charge in [0.2, 0.25) is 0 Å². The zero-order valence-corrected chi connectivity index (χ0v) is 23.2. The average molecular weight is 637 g/mol. The van der Waals surface area contributed by atoms with Gasteiger partial charge in [-0.3, -0.25) is 9.69 Å². The zero-order valence-electron chi connectivity index (χ0n) is 19.2. The molecule has 0 bridgehead atoms. The van der Waals surface area contributed by atoms with Crippen molar-refractivity contribution in [3.63, 3.8) is 0 Å². The van der Waals surface area contributed by atoms with Crippen molar-refractivity contribution in [3.8, 4) is 16.9 Å². The molecular weight excluding hydrogens is 618 g/mol. The molecule has 1 saturated heterocycles. The van der Waals surface area contributed by atoms with E-state index in [0.717, 1.165) is 21.2 Å². The minimum atomic E-state index is -0.185. The molecule has 3 aromatic carbocycles. The molecule has 2 heterocycles. The highest BCUT2D eigenvalue weighted by Gasteiger charge is 2.34. The maximum absolute atomic E-state index is 13.3. The number of phenolic OH excluding ortho intramolecular Hbond substituents is 1. The van der Waals surface area contributed by atoms with Gasteiger partial charge in [0.05, 0.1) is 28.4 Å². The standard InChI is InChI=1S/C28H19Br2N3O3S/c29-22-14-21(26(34)24(30)15-22)16-31-32-28-33(17-23-7-4-12-36-23)27(35)25(37-28)13-18-8-10-20(11-9-18)19-5-2-1-3-6-19/h1-16,34H,17H2/b25-13-,31-16+,32-28-. The van der Waals surface area contributed by atoms with E-state index in [9.17, 15) is 9.90 Å². The second-order valence-corrected chi connectivity index (χ2v) is 10.8. The Morgan fingerprint density at radius 2 is 1.73 bits per heavy atom. The molecular formula is C28H19Br2N3O3S. The fourth-order valence-electron chi connectivity index (χ4n) is 3.66. The van der Waals surface area contributed by atoms with E-state index < -0.39 is 0 Å². The number of aromatic hydroxyl groups is 1. The van der Waals surface area contributed by atoms with Crippen LogP contribution in [0.4, 0.5) is 0 Å². The van der Waals surface area contributed by atoms with Gasteiger partial charge in [-0.05, 0) is 74.7 Å². The van der Waals surface area contributed by atoms with Gasteiger partial charge in [0.1, 0.15) is 11.5 Å². The lowest BCUT2D eigenvalue weighted by Crippen LogP contribution is -2.28. The Balaban J connectivity index is 1.42. The van der Waals surface area contributed by atoms with Gasteiger partial charge in [-0.15, -0.1) is 5.10 Å². The van der Waals surface area contributed by atoms with Crippen LogP contribution in [0.3, 0.4) is 0 Å². The first kappa shape index (κ1) is 25.3. The average Bonchev–Trinajstić information content (AvgIpc) is 3.52. The number of rotatable bonds is 6. The predicted molar refractivity (Wildman–Crippen MR) is 155 cm³/mol. The van der Waals surface area contributed by atoms with Crippen molar-refractivity contribution in [1.82, 2.24) is 4.90 Å². The van der Waals surface area contributed by atoms with Crippen molar-refractivity contribution in [1.29, 1.82) is 0 Å². The Morgan fingerprint density at radius 1 is 0.973 bits per heavy atom. The highest BCUT2D eigenvalue weighted by molar-refractivity contribution is 9.11. The molecule has 0 radical (unpaired) electrons. The molecule has 0 spiro atoms. The Bertz CT molecular complexity index is 1520. The van der Waals surface area contributed by atoms with E-state index in [1.807, 2.05) is 48.5 Å². The molecule has 1 fully saturated rings. The lowest BCUT2D eigenvalue weighted by molar-refractivity contribution is -0.122. The minimum Gasteiger partial charge on any atom is -0.506 e. The van der Waals surface area contributed by atoms with Crippen LogP contribution < -0.4 is 0 Å². The molecule has 1 aliphatic rings. The van der Waals surface area contributed by atoms with Crippen LogP contribution in [0, 0.1) is 0 Å². The monoisotopic (exact) mass is 635 g/mol. The summed E-state index contributed by atoms with van der Waals surface area (Å²) in [5.41, 5.74) is 3.62. The molecule has 6 nitrogen and oxygen atoms in total. The highest BCUT2D eigenvalue weighted by atomic mass is 79.9. The van der Waals surface area contributed by atoms with E-state index in [2.05, 4.69) is 54.2 Å². The number of amidine groups is 1. The molecule has 9 heteroatoms. The van der Waals surface area contributed by atoms with Crippen LogP contribution in [0.15, 0.2) is 114 Å². The molecule has 1 N–H and O–H groups in total. The molecule has 0 atom stereocenters. The summed E-state index contributed by atoms with van der Waals surface area (Å²) < 4.78 is 6.77. The van der Waals surface area contributed by atoms with Gasteiger partial charge in [0.15, 0.2) is 5.17 Å². The van der Waals surface area contributed by atoms with E-state index in [-0.39, 0.29) is 18.2 Å². The first-order chi connectivity index (χ1) is 18.0. The molecule has 0 aliphatic carbocycles. The van der Waals surface area contributed by atoms with E-state index in [1.54, 1.807) is 30.5 Å². The SMILES string of the molecule is O=C1/C(=C/c2ccc(-c3ccccc3)cc2)S/C(=N\N=C\c2cc(Br)cc(Br)c2O)N1Cc1ccco1. The Labute approximate surface area is 234 Å². The van der Waals surface area contributed by atoms with E-state index in [0.29, 0.717) is 25.9 Å². The summed E-state index contributed by atoms with van der Waals surface area (Å²) in [7, 11) is 0. The normalized spacial score (nSPS) is 15.9. The third-order valence-corrected chi connectivity index (χ3v) is 7.55. The Kier molecular flexibility index (Phi) is 7.73. The van der Waals surface area contributed by atoms with Crippen LogP contribution in [-0.2, 0) is 11.3 Å². The van der Waals surface area contributed by atoms with Crippen molar-refractivity contribution in [2.24, 2.45) is 10.2 Å². The Hall–Kier alpha value is -3.40. The third kappa shape index (κ3) is 5.95. The smallest absolute Gasteiger partial charge is 0.267 e. The number of benzene rings is 3. The third-order valence-electron chi connectivity index (χ3n) is 5.50. The highest BCUT2D eigenvalue weighted by Crippen LogP contribution is 2.35. The number of thioether (sulfide) groups is 1. The van der Waals surface area contributed by atoms with E-state index in [4.69, 9.17) is 4.42 Å². The molecule has 37 heavy (non-hydrogen) atoms. The predicted octanol–water partition coefficient (Wildman–Crippen LogP) is 7.68. The summed E-state index contributed by atoms with van der Waals surface area (Å²) >= 11 is 7.95. The maximum atomic E-state index is 13.3. The van der Waals surface area contributed by atoms with Gasteiger partial charge in [-0.25, -0.2) is 0 Å². The second kappa shape index (κ2) is 11.3. The molecule has 1 amide bonds. The number of hydrogen-bond donors (Lipinski definition) is 1. The van der Waals surface area contributed by atoms with Crippen molar-refractivity contribution in [2.45, 2.75) is 6.54 Å². The number of amides is 1. The van der Waals surface area contributed by atoms with Crippen LogP contribution in [0.25, 0.3) is 17.2 Å². The Morgan fingerprint density at radius 3 is 2.46 bits per heavy atom. The van der Waals surface area contributed by atoms with Crippen molar-refractivity contribution < 1.29 is 14.3 Å². The van der Waals surface area contributed by atoms with Gasteiger partial charge in [0.25, 0.3) is 5.91 Å². The lowest BCUT2D eigenvalue weighted by atomic mass is 10.0. The molecule has 1 aliphatic heterocycles. The number of hydrogen-bond acceptors (Lipinski definition) is 6. The number of carbonyl (C=O) groups excluding carboxylic acids is 1. The first-order valence-electron chi connectivity index (χ1n) is 11.2. The number of phenols is 1. The summed E-state index contributed by atoms with van der Waals surface area (Å²) in [6, 6.07) is 25.2. The van der Waals surface area contributed by atoms with Crippen LogP contribution in [0.5, 0.6) is 5.75 Å². The molecule has 0 unspecified atom stereocenters. The number of carbonyl (C=O) groups is 1. The second-order valence-electron chi connectivity index (χ2n) is 8.02. The summed E-state index contributed by atoms with van der Waals surface area (Å²) in [6.07, 6.45) is 4.86. The van der Waals surface area contributed by atoms with Gasteiger partial charge < -0.3 is 9.52 Å². The van der Waals surface area contributed by atoms with Crippen molar-refractivity contribution in [3.05, 3.63) is 116 Å². The fraction of sp³-hybridized carbons (Fsp3) is 0.0357. The van der Waals surface area contributed by atoms with E-state index in [1.165, 1.54) is 22.9 Å². The van der Waals surface area contributed by atoms with Crippen molar-refractivity contribution in [2.75, 3.05) is 0 Å². The van der Waals surface area contributed by atoms with Gasteiger partial charge in [0, 0.05) is 10.0 Å². The fourth-order valence-corrected chi connectivity index (χ4v) is 5.85. The number of furan rings is 1. The summed E-state index contributed by atoms with van der Waals surface area (Å²) in [5.74, 6) is 0.498. The lowest BCUT2D eigenvalue weighted by Gasteiger charge is -2.12. The maximum Gasteiger partial charge on any atom is 0.267 e. The summed E-state index contributed by atoms with van der Waals surface area (Å²) in [4.78, 5) is 15.4. The van der Waals surface area contributed by atoms with Gasteiger partial charge in [-0.2, -0.15) is 5.10 Å². The molecule has 184 valence electrons. The summed E-state index contributed by atoms with van der Waals surface area (Å²) in [6.45, 7) is 0.227.